The van der Waals surface area contributed by atoms with Crippen molar-refractivity contribution >= 4 is 11.7 Å². The third kappa shape index (κ3) is 5.97. The van der Waals surface area contributed by atoms with Crippen molar-refractivity contribution in [2.24, 2.45) is 5.16 Å². The van der Waals surface area contributed by atoms with Gasteiger partial charge < -0.3 is 19.1 Å². The molecule has 29 heavy (non-hydrogen) atoms. The Bertz CT molecular complexity index is 946. The zero-order chi connectivity index (χ0) is 20.5. The predicted molar refractivity (Wildman–Crippen MR) is 110 cm³/mol. The Balaban J connectivity index is 1.50. The van der Waals surface area contributed by atoms with Crippen LogP contribution >= 0.6 is 0 Å². The Hall–Kier alpha value is -3.54. The largest absolute Gasteiger partial charge is 0.490 e. The third-order valence-electron chi connectivity index (χ3n) is 4.28. The zero-order valence-corrected chi connectivity index (χ0v) is 16.2. The van der Waals surface area contributed by atoms with E-state index in [1.54, 1.807) is 36.8 Å². The molecule has 0 fully saturated rings. The highest BCUT2D eigenvalue weighted by atomic mass is 16.6. The van der Waals surface area contributed by atoms with E-state index in [9.17, 15) is 4.79 Å². The normalized spacial score (nSPS) is 11.3. The molecular formula is C23H23NO5. The van der Waals surface area contributed by atoms with Crippen LogP contribution in [0.3, 0.4) is 0 Å². The van der Waals surface area contributed by atoms with Gasteiger partial charge in [0.2, 0.25) is 0 Å². The molecule has 0 bridgehead atoms. The molecular weight excluding hydrogens is 370 g/mol. The van der Waals surface area contributed by atoms with Crippen LogP contribution in [0.4, 0.5) is 0 Å². The first-order valence-electron chi connectivity index (χ1n) is 9.41. The number of carboxylic acids is 1. The second-order valence-corrected chi connectivity index (χ2v) is 6.38. The molecule has 0 saturated carbocycles. The van der Waals surface area contributed by atoms with E-state index in [0.717, 1.165) is 28.8 Å². The molecule has 0 unspecified atom stereocenters. The Morgan fingerprint density at radius 2 is 1.90 bits per heavy atom. The van der Waals surface area contributed by atoms with E-state index in [4.69, 9.17) is 19.1 Å². The molecule has 0 aliphatic carbocycles. The van der Waals surface area contributed by atoms with Crippen molar-refractivity contribution in [2.75, 3.05) is 13.2 Å². The van der Waals surface area contributed by atoms with Crippen molar-refractivity contribution in [3.63, 3.8) is 0 Å². The molecule has 150 valence electrons. The third-order valence-corrected chi connectivity index (χ3v) is 4.28. The van der Waals surface area contributed by atoms with Gasteiger partial charge in [0.25, 0.3) is 0 Å². The summed E-state index contributed by atoms with van der Waals surface area (Å²) in [4.78, 5) is 16.2. The van der Waals surface area contributed by atoms with Crippen LogP contribution in [0.2, 0.25) is 0 Å². The molecule has 2 aromatic carbocycles. The van der Waals surface area contributed by atoms with E-state index in [2.05, 4.69) is 5.16 Å². The van der Waals surface area contributed by atoms with Crippen LogP contribution in [0.5, 0.6) is 5.75 Å². The van der Waals surface area contributed by atoms with Crippen LogP contribution in [-0.2, 0) is 16.1 Å². The lowest BCUT2D eigenvalue weighted by atomic mass is 10.0. The summed E-state index contributed by atoms with van der Waals surface area (Å²) >= 11 is 0. The Morgan fingerprint density at radius 1 is 1.07 bits per heavy atom. The summed E-state index contributed by atoms with van der Waals surface area (Å²) in [5, 5.41) is 13.1. The van der Waals surface area contributed by atoms with Crippen molar-refractivity contribution < 1.29 is 23.9 Å². The van der Waals surface area contributed by atoms with Gasteiger partial charge in [-0.15, -0.1) is 0 Å². The molecule has 6 heteroatoms. The summed E-state index contributed by atoms with van der Waals surface area (Å²) in [6.45, 7) is 2.63. The molecule has 0 aliphatic heterocycles. The fraction of sp³-hybridized carbons (Fsp3) is 0.217. The Labute approximate surface area is 169 Å². The number of oxime groups is 1. The Kier molecular flexibility index (Phi) is 7.05. The summed E-state index contributed by atoms with van der Waals surface area (Å²) in [6, 6.07) is 17.0. The van der Waals surface area contributed by atoms with Crippen molar-refractivity contribution in [1.29, 1.82) is 0 Å². The van der Waals surface area contributed by atoms with Gasteiger partial charge in [0.1, 0.15) is 12.4 Å². The number of nitrogens with zero attached hydrogens (tertiary/aromatic N) is 1. The maximum atomic E-state index is 10.8. The highest BCUT2D eigenvalue weighted by Gasteiger charge is 2.05. The fourth-order valence-electron chi connectivity index (χ4n) is 2.85. The van der Waals surface area contributed by atoms with Crippen LogP contribution in [0, 0.1) is 0 Å². The standard InChI is InChI=1S/C23H23NO5/c1-2-22(19-8-6-18(7-9-19)20-10-11-27-16-20)24-29-13-12-28-21-5-3-4-17(14-21)15-23(25)26/h3-11,14,16H,2,12-13,15H2,1H3,(H,25,26)/b24-22+. The van der Waals surface area contributed by atoms with Gasteiger partial charge in [-0.2, -0.15) is 0 Å². The second-order valence-electron chi connectivity index (χ2n) is 6.38. The van der Waals surface area contributed by atoms with Crippen LogP contribution in [0.15, 0.2) is 76.7 Å². The minimum Gasteiger partial charge on any atom is -0.490 e. The second kappa shape index (κ2) is 10.1. The number of aliphatic carboxylic acids is 1. The summed E-state index contributed by atoms with van der Waals surface area (Å²) < 4.78 is 10.7. The monoisotopic (exact) mass is 393 g/mol. The average molecular weight is 393 g/mol. The summed E-state index contributed by atoms with van der Waals surface area (Å²) in [7, 11) is 0. The average Bonchev–Trinajstić information content (AvgIpc) is 3.26. The van der Waals surface area contributed by atoms with E-state index in [-0.39, 0.29) is 6.42 Å². The smallest absolute Gasteiger partial charge is 0.307 e. The van der Waals surface area contributed by atoms with Gasteiger partial charge in [-0.05, 0) is 41.3 Å². The maximum Gasteiger partial charge on any atom is 0.307 e. The van der Waals surface area contributed by atoms with Crippen LogP contribution in [-0.4, -0.2) is 30.0 Å². The van der Waals surface area contributed by atoms with Crippen molar-refractivity contribution in [2.45, 2.75) is 19.8 Å². The topological polar surface area (TPSA) is 81.3 Å². The number of carbonyl (C=O) groups is 1. The molecule has 0 amide bonds. The van der Waals surface area contributed by atoms with Crippen molar-refractivity contribution in [1.82, 2.24) is 0 Å². The molecule has 0 aliphatic rings. The van der Waals surface area contributed by atoms with Crippen molar-refractivity contribution in [3.8, 4) is 16.9 Å². The fourth-order valence-corrected chi connectivity index (χ4v) is 2.85. The zero-order valence-electron chi connectivity index (χ0n) is 16.2. The predicted octanol–water partition coefficient (Wildman–Crippen LogP) is 4.78. The number of hydrogen-bond acceptors (Lipinski definition) is 5. The number of carboxylic acid groups (broad SMARTS) is 1. The van der Waals surface area contributed by atoms with Crippen LogP contribution in [0.25, 0.3) is 11.1 Å². The van der Waals surface area contributed by atoms with Crippen LogP contribution < -0.4 is 4.74 Å². The van der Waals surface area contributed by atoms with Gasteiger partial charge in [-0.25, -0.2) is 0 Å². The minimum absolute atomic E-state index is 0.0305. The van der Waals surface area contributed by atoms with Crippen molar-refractivity contribution in [3.05, 3.63) is 78.3 Å². The number of rotatable bonds is 10. The van der Waals surface area contributed by atoms with E-state index in [1.807, 2.05) is 37.3 Å². The molecule has 3 rings (SSSR count). The molecule has 1 N–H and O–H groups in total. The lowest BCUT2D eigenvalue weighted by Gasteiger charge is -2.08. The number of furan rings is 1. The summed E-state index contributed by atoms with van der Waals surface area (Å²) in [5.74, 6) is -0.258. The first kappa shape index (κ1) is 20.2. The highest BCUT2D eigenvalue weighted by molar-refractivity contribution is 6.00. The number of ether oxygens (including phenoxy) is 1. The van der Waals surface area contributed by atoms with Gasteiger partial charge in [-0.3, -0.25) is 4.79 Å². The highest BCUT2D eigenvalue weighted by Crippen LogP contribution is 2.20. The van der Waals surface area contributed by atoms with E-state index < -0.39 is 5.97 Å². The maximum absolute atomic E-state index is 10.8. The summed E-state index contributed by atoms with van der Waals surface area (Å²) in [6.07, 6.45) is 4.07. The summed E-state index contributed by atoms with van der Waals surface area (Å²) in [5.41, 5.74) is 4.67. The van der Waals surface area contributed by atoms with E-state index in [0.29, 0.717) is 24.5 Å². The molecule has 0 radical (unpaired) electrons. The quantitative estimate of drug-likeness (QED) is 0.304. The number of hydrogen-bond donors (Lipinski definition) is 1. The van der Waals surface area contributed by atoms with Gasteiger partial charge in [0.05, 0.1) is 24.7 Å². The van der Waals surface area contributed by atoms with Gasteiger partial charge in [-0.1, -0.05) is 48.5 Å². The van der Waals surface area contributed by atoms with Gasteiger partial charge in [0, 0.05) is 5.56 Å². The first-order valence-corrected chi connectivity index (χ1v) is 9.41. The molecule has 0 saturated heterocycles. The van der Waals surface area contributed by atoms with Crippen LogP contribution in [0.1, 0.15) is 24.5 Å². The van der Waals surface area contributed by atoms with Gasteiger partial charge in [0.15, 0.2) is 6.61 Å². The van der Waals surface area contributed by atoms with E-state index >= 15 is 0 Å². The molecule has 1 heterocycles. The molecule has 0 spiro atoms. The molecule has 0 atom stereocenters. The number of benzene rings is 2. The lowest BCUT2D eigenvalue weighted by Crippen LogP contribution is -2.07. The SMILES string of the molecule is CC/C(=N\OCCOc1cccc(CC(=O)O)c1)c1ccc(-c2ccoc2)cc1. The Morgan fingerprint density at radius 3 is 2.59 bits per heavy atom. The first-order chi connectivity index (χ1) is 14.2. The van der Waals surface area contributed by atoms with Gasteiger partial charge >= 0.3 is 5.97 Å². The molecule has 6 nitrogen and oxygen atoms in total. The molecule has 3 aromatic rings. The van der Waals surface area contributed by atoms with E-state index in [1.165, 1.54) is 0 Å². The molecule has 1 aromatic heterocycles. The minimum atomic E-state index is -0.871. The lowest BCUT2D eigenvalue weighted by molar-refractivity contribution is -0.136.